The van der Waals surface area contributed by atoms with Crippen LogP contribution >= 0.6 is 11.8 Å². The smallest absolute Gasteiger partial charge is 0.191 e. The van der Waals surface area contributed by atoms with Gasteiger partial charge in [0.1, 0.15) is 0 Å². The quantitative estimate of drug-likeness (QED) is 0.446. The third-order valence-electron chi connectivity index (χ3n) is 4.68. The number of hydrogen-bond acceptors (Lipinski definition) is 6. The number of nitrogens with zero attached hydrogens (tertiary/aromatic N) is 7. The molecule has 0 aliphatic heterocycles. The summed E-state index contributed by atoms with van der Waals surface area (Å²) in [5, 5.41) is 15.7. The highest BCUT2D eigenvalue weighted by Gasteiger charge is 2.21. The van der Waals surface area contributed by atoms with Gasteiger partial charge in [-0.25, -0.2) is 4.98 Å². The summed E-state index contributed by atoms with van der Waals surface area (Å²) in [6.07, 6.45) is 1.82. The first-order valence-electron chi connectivity index (χ1n) is 9.71. The average molecular weight is 408 g/mol. The summed E-state index contributed by atoms with van der Waals surface area (Å²) in [5.41, 5.74) is 4.84. The van der Waals surface area contributed by atoms with Crippen molar-refractivity contribution in [1.29, 1.82) is 0 Å². The number of aromatic nitrogens is 7. The molecule has 0 fully saturated rings. The number of rotatable bonds is 6. The average Bonchev–Trinajstić information content (AvgIpc) is 3.20. The van der Waals surface area contributed by atoms with Crippen LogP contribution in [0.4, 0.5) is 0 Å². The van der Waals surface area contributed by atoms with E-state index in [1.807, 2.05) is 50.0 Å². The lowest BCUT2D eigenvalue weighted by Crippen LogP contribution is -2.08. The minimum atomic E-state index is 0.465. The van der Waals surface area contributed by atoms with Crippen LogP contribution < -0.4 is 0 Å². The van der Waals surface area contributed by atoms with Crippen molar-refractivity contribution in [2.45, 2.75) is 45.1 Å². The van der Waals surface area contributed by atoms with Crippen LogP contribution in [0.25, 0.3) is 22.4 Å². The summed E-state index contributed by atoms with van der Waals surface area (Å²) < 4.78 is 4.06. The molecule has 0 N–H and O–H groups in total. The second kappa shape index (κ2) is 7.94. The topological polar surface area (TPSA) is 74.3 Å². The SMILES string of the molecule is Cc1cc(-c2nnc(SCc3ccccn3)n2CC(C)C)c2c(C)nn(C)c2n1. The van der Waals surface area contributed by atoms with Crippen molar-refractivity contribution in [3.63, 3.8) is 0 Å². The number of pyridine rings is 2. The van der Waals surface area contributed by atoms with Crippen LogP contribution in [0.15, 0.2) is 35.6 Å². The Balaban J connectivity index is 1.80. The Hall–Kier alpha value is -2.74. The Labute approximate surface area is 174 Å². The van der Waals surface area contributed by atoms with Crippen molar-refractivity contribution >= 4 is 22.8 Å². The molecule has 7 nitrogen and oxygen atoms in total. The molecular weight excluding hydrogens is 382 g/mol. The summed E-state index contributed by atoms with van der Waals surface area (Å²) in [4.78, 5) is 9.10. The first kappa shape index (κ1) is 19.6. The van der Waals surface area contributed by atoms with E-state index >= 15 is 0 Å². The molecule has 29 heavy (non-hydrogen) atoms. The van der Waals surface area contributed by atoms with E-state index < -0.39 is 0 Å². The second-order valence-corrected chi connectivity index (χ2v) is 8.58. The van der Waals surface area contributed by atoms with E-state index in [1.165, 1.54) is 0 Å². The van der Waals surface area contributed by atoms with Gasteiger partial charge in [0, 0.05) is 36.8 Å². The van der Waals surface area contributed by atoms with Crippen molar-refractivity contribution in [3.05, 3.63) is 47.5 Å². The van der Waals surface area contributed by atoms with Gasteiger partial charge in [0.05, 0.1) is 16.8 Å². The van der Waals surface area contributed by atoms with Gasteiger partial charge in [-0.15, -0.1) is 10.2 Å². The van der Waals surface area contributed by atoms with Crippen LogP contribution in [0.1, 0.15) is 30.9 Å². The highest BCUT2D eigenvalue weighted by Crippen LogP contribution is 2.32. The van der Waals surface area contributed by atoms with Crippen molar-refractivity contribution in [3.8, 4) is 11.4 Å². The Morgan fingerprint density at radius 2 is 1.97 bits per heavy atom. The Morgan fingerprint density at radius 1 is 1.14 bits per heavy atom. The van der Waals surface area contributed by atoms with E-state index in [1.54, 1.807) is 11.8 Å². The van der Waals surface area contributed by atoms with Gasteiger partial charge in [-0.2, -0.15) is 5.10 Å². The first-order valence-corrected chi connectivity index (χ1v) is 10.7. The highest BCUT2D eigenvalue weighted by atomic mass is 32.2. The van der Waals surface area contributed by atoms with Crippen LogP contribution in [0.5, 0.6) is 0 Å². The van der Waals surface area contributed by atoms with E-state index in [2.05, 4.69) is 49.7 Å². The summed E-state index contributed by atoms with van der Waals surface area (Å²) in [5.74, 6) is 2.09. The number of fused-ring (bicyclic) bond motifs is 1. The monoisotopic (exact) mass is 407 g/mol. The predicted molar refractivity (Wildman–Crippen MR) is 116 cm³/mol. The fourth-order valence-corrected chi connectivity index (χ4v) is 4.36. The van der Waals surface area contributed by atoms with Crippen molar-refractivity contribution < 1.29 is 0 Å². The lowest BCUT2D eigenvalue weighted by molar-refractivity contribution is 0.498. The molecule has 150 valence electrons. The molecule has 0 spiro atoms. The molecule has 4 rings (SSSR count). The first-order chi connectivity index (χ1) is 13.9. The van der Waals surface area contributed by atoms with Crippen molar-refractivity contribution in [2.24, 2.45) is 13.0 Å². The van der Waals surface area contributed by atoms with Gasteiger partial charge in [0.2, 0.25) is 0 Å². The summed E-state index contributed by atoms with van der Waals surface area (Å²) in [7, 11) is 1.93. The zero-order chi connectivity index (χ0) is 20.5. The molecule has 0 amide bonds. The normalized spacial score (nSPS) is 11.7. The molecule has 8 heteroatoms. The summed E-state index contributed by atoms with van der Waals surface area (Å²) >= 11 is 1.67. The minimum Gasteiger partial charge on any atom is -0.302 e. The maximum absolute atomic E-state index is 4.69. The van der Waals surface area contributed by atoms with Crippen LogP contribution in [0.3, 0.4) is 0 Å². The number of thioether (sulfide) groups is 1. The second-order valence-electron chi connectivity index (χ2n) is 7.64. The molecule has 0 saturated carbocycles. The van der Waals surface area contributed by atoms with Crippen molar-refractivity contribution in [1.82, 2.24) is 34.5 Å². The molecular formula is C21H25N7S. The predicted octanol–water partition coefficient (Wildman–Crippen LogP) is 4.19. The van der Waals surface area contributed by atoms with Gasteiger partial charge in [-0.3, -0.25) is 9.67 Å². The fourth-order valence-electron chi connectivity index (χ4n) is 3.49. The maximum atomic E-state index is 4.69. The highest BCUT2D eigenvalue weighted by molar-refractivity contribution is 7.98. The lowest BCUT2D eigenvalue weighted by Gasteiger charge is -2.13. The Morgan fingerprint density at radius 3 is 2.69 bits per heavy atom. The van der Waals surface area contributed by atoms with E-state index in [0.717, 1.165) is 57.0 Å². The molecule has 0 atom stereocenters. The molecule has 0 unspecified atom stereocenters. The largest absolute Gasteiger partial charge is 0.302 e. The van der Waals surface area contributed by atoms with Crippen LogP contribution in [-0.4, -0.2) is 34.5 Å². The Bertz CT molecular complexity index is 1150. The van der Waals surface area contributed by atoms with Gasteiger partial charge >= 0.3 is 0 Å². The summed E-state index contributed by atoms with van der Waals surface area (Å²) in [6.45, 7) is 9.28. The van der Waals surface area contributed by atoms with Crippen LogP contribution in [0.2, 0.25) is 0 Å². The Kier molecular flexibility index (Phi) is 5.36. The molecule has 4 aromatic heterocycles. The molecule has 4 aromatic rings. The zero-order valence-electron chi connectivity index (χ0n) is 17.4. The summed E-state index contributed by atoms with van der Waals surface area (Å²) in [6, 6.07) is 8.06. The van der Waals surface area contributed by atoms with Crippen molar-refractivity contribution in [2.75, 3.05) is 0 Å². The van der Waals surface area contributed by atoms with Gasteiger partial charge in [-0.1, -0.05) is 31.7 Å². The molecule has 4 heterocycles. The standard InChI is InChI=1S/C21H25N7S/c1-13(2)11-28-19(24-25-21(28)29-12-16-8-6-7-9-22-16)17-10-14(3)23-20-18(17)15(4)26-27(20)5/h6-10,13H,11-12H2,1-5H3. The fraction of sp³-hybridized carbons (Fsp3) is 0.381. The van der Waals surface area contributed by atoms with E-state index in [0.29, 0.717) is 5.92 Å². The lowest BCUT2D eigenvalue weighted by atomic mass is 10.1. The van der Waals surface area contributed by atoms with Crippen LogP contribution in [-0.2, 0) is 19.3 Å². The molecule has 0 aromatic carbocycles. The molecule has 0 saturated heterocycles. The minimum absolute atomic E-state index is 0.465. The molecule has 0 bridgehead atoms. The third-order valence-corrected chi connectivity index (χ3v) is 5.68. The van der Waals surface area contributed by atoms with Gasteiger partial charge in [-0.05, 0) is 38.0 Å². The molecule has 0 radical (unpaired) electrons. The van der Waals surface area contributed by atoms with E-state index in [9.17, 15) is 0 Å². The van der Waals surface area contributed by atoms with Crippen LogP contribution in [0, 0.1) is 19.8 Å². The van der Waals surface area contributed by atoms with Gasteiger partial charge < -0.3 is 4.57 Å². The maximum Gasteiger partial charge on any atom is 0.191 e. The number of hydrogen-bond donors (Lipinski definition) is 0. The van der Waals surface area contributed by atoms with Gasteiger partial charge in [0.25, 0.3) is 0 Å². The third kappa shape index (κ3) is 3.89. The number of aryl methyl sites for hydroxylation is 3. The van der Waals surface area contributed by atoms with E-state index in [4.69, 9.17) is 0 Å². The van der Waals surface area contributed by atoms with Gasteiger partial charge in [0.15, 0.2) is 16.6 Å². The molecule has 0 aliphatic rings. The zero-order valence-corrected chi connectivity index (χ0v) is 18.2. The van der Waals surface area contributed by atoms with E-state index in [-0.39, 0.29) is 0 Å². The molecule has 0 aliphatic carbocycles.